The minimum absolute atomic E-state index is 0.0272. The summed E-state index contributed by atoms with van der Waals surface area (Å²) in [4.78, 5) is 10.6. The third-order valence-corrected chi connectivity index (χ3v) is 2.71. The van der Waals surface area contributed by atoms with Crippen molar-refractivity contribution >= 4 is 5.97 Å². The van der Waals surface area contributed by atoms with E-state index in [1.54, 1.807) is 0 Å². The highest BCUT2D eigenvalue weighted by Crippen LogP contribution is 2.38. The lowest BCUT2D eigenvalue weighted by Crippen LogP contribution is -2.13. The van der Waals surface area contributed by atoms with Crippen LogP contribution in [0.25, 0.3) is 0 Å². The van der Waals surface area contributed by atoms with Crippen LogP contribution in [0.4, 0.5) is 8.78 Å². The van der Waals surface area contributed by atoms with Crippen molar-refractivity contribution in [2.75, 3.05) is 0 Å². The summed E-state index contributed by atoms with van der Waals surface area (Å²) >= 11 is 0. The minimum Gasteiger partial charge on any atom is -0.478 e. The van der Waals surface area contributed by atoms with Crippen molar-refractivity contribution in [3.8, 4) is 0 Å². The number of rotatable bonds is 3. The maximum absolute atomic E-state index is 13.3. The topological polar surface area (TPSA) is 57.5 Å². The quantitative estimate of drug-likeness (QED) is 0.828. The van der Waals surface area contributed by atoms with Crippen molar-refractivity contribution in [3.63, 3.8) is 0 Å². The van der Waals surface area contributed by atoms with Gasteiger partial charge in [0.05, 0.1) is 11.2 Å². The summed E-state index contributed by atoms with van der Waals surface area (Å²) in [6.45, 7) is 0. The number of hydrogen-bond donors (Lipinski definition) is 2. The second-order valence-electron chi connectivity index (χ2n) is 4.13. The molecule has 1 fully saturated rings. The average Bonchev–Trinajstić information content (AvgIpc) is 2.88. The average molecular weight is 228 g/mol. The molecule has 0 spiro atoms. The number of aliphatic hydroxyl groups is 1. The first-order valence-corrected chi connectivity index (χ1v) is 4.85. The van der Waals surface area contributed by atoms with Gasteiger partial charge in [-0.1, -0.05) is 0 Å². The fourth-order valence-corrected chi connectivity index (χ4v) is 1.57. The first-order valence-electron chi connectivity index (χ1n) is 4.85. The zero-order valence-corrected chi connectivity index (χ0v) is 8.33. The molecule has 0 unspecified atom stereocenters. The highest BCUT2D eigenvalue weighted by Gasteiger charge is 2.41. The van der Waals surface area contributed by atoms with Gasteiger partial charge in [-0.2, -0.15) is 0 Å². The maximum atomic E-state index is 13.3. The summed E-state index contributed by atoms with van der Waals surface area (Å²) in [5.74, 6) is -3.36. The number of carbonyl (C=O) groups is 1. The van der Waals surface area contributed by atoms with Crippen LogP contribution in [0.1, 0.15) is 28.8 Å². The number of aromatic carboxylic acids is 1. The minimum atomic E-state index is -1.44. The van der Waals surface area contributed by atoms with Gasteiger partial charge in [-0.05, 0) is 24.5 Å². The molecule has 5 heteroatoms. The highest BCUT2D eigenvalue weighted by molar-refractivity contribution is 5.88. The Balaban J connectivity index is 2.37. The molecule has 0 aliphatic heterocycles. The van der Waals surface area contributed by atoms with Crippen molar-refractivity contribution in [2.45, 2.75) is 24.9 Å². The van der Waals surface area contributed by atoms with Gasteiger partial charge in [0.25, 0.3) is 0 Å². The van der Waals surface area contributed by atoms with Crippen LogP contribution in [0, 0.1) is 11.6 Å². The molecule has 1 saturated carbocycles. The van der Waals surface area contributed by atoms with E-state index >= 15 is 0 Å². The van der Waals surface area contributed by atoms with Crippen LogP contribution in [-0.2, 0) is 6.42 Å². The van der Waals surface area contributed by atoms with E-state index in [4.69, 9.17) is 5.11 Å². The molecule has 0 radical (unpaired) electrons. The van der Waals surface area contributed by atoms with Crippen LogP contribution in [-0.4, -0.2) is 21.8 Å². The molecule has 2 rings (SSSR count). The summed E-state index contributed by atoms with van der Waals surface area (Å²) in [5, 5.41) is 18.3. The molecule has 86 valence electrons. The van der Waals surface area contributed by atoms with Crippen molar-refractivity contribution in [2.24, 2.45) is 0 Å². The Bertz CT molecular complexity index is 453. The van der Waals surface area contributed by atoms with Gasteiger partial charge >= 0.3 is 5.97 Å². The molecule has 16 heavy (non-hydrogen) atoms. The van der Waals surface area contributed by atoms with Crippen molar-refractivity contribution < 1.29 is 23.8 Å². The number of carboxylic acids is 1. The van der Waals surface area contributed by atoms with Gasteiger partial charge in [0.2, 0.25) is 0 Å². The molecule has 0 saturated heterocycles. The fraction of sp³-hybridized carbons (Fsp3) is 0.364. The Labute approximate surface area is 90.3 Å². The van der Waals surface area contributed by atoms with Crippen LogP contribution in [0.2, 0.25) is 0 Å². The third-order valence-electron chi connectivity index (χ3n) is 2.71. The SMILES string of the molecule is O=C(O)c1cc(CC2(O)CC2)c(F)cc1F. The third kappa shape index (κ3) is 2.04. The largest absolute Gasteiger partial charge is 0.478 e. The maximum Gasteiger partial charge on any atom is 0.338 e. The van der Waals surface area contributed by atoms with E-state index in [1.807, 2.05) is 0 Å². The Kier molecular flexibility index (Phi) is 2.42. The van der Waals surface area contributed by atoms with Crippen LogP contribution in [0.15, 0.2) is 12.1 Å². The van der Waals surface area contributed by atoms with Crippen LogP contribution < -0.4 is 0 Å². The second kappa shape index (κ2) is 3.52. The highest BCUT2D eigenvalue weighted by atomic mass is 19.1. The molecular weight excluding hydrogens is 218 g/mol. The number of benzene rings is 1. The number of hydrogen-bond acceptors (Lipinski definition) is 2. The molecule has 0 atom stereocenters. The van der Waals surface area contributed by atoms with E-state index in [9.17, 15) is 18.7 Å². The molecule has 1 aromatic rings. The Hall–Kier alpha value is -1.49. The standard InChI is InChI=1S/C11H10F2O3/c12-8-4-9(13)7(10(14)15)3-6(8)5-11(16)1-2-11/h3-4,16H,1-2,5H2,(H,14,15). The molecule has 0 heterocycles. The molecule has 2 N–H and O–H groups in total. The molecule has 0 bridgehead atoms. The summed E-state index contributed by atoms with van der Waals surface area (Å²) in [6.07, 6.45) is 1.15. The predicted molar refractivity (Wildman–Crippen MR) is 51.2 cm³/mol. The van der Waals surface area contributed by atoms with Gasteiger partial charge in [0.1, 0.15) is 11.6 Å². The summed E-state index contributed by atoms with van der Waals surface area (Å²) < 4.78 is 26.4. The molecule has 3 nitrogen and oxygen atoms in total. The van der Waals surface area contributed by atoms with E-state index in [0.29, 0.717) is 18.9 Å². The molecular formula is C11H10F2O3. The summed E-state index contributed by atoms with van der Waals surface area (Å²) in [6, 6.07) is 1.49. The van der Waals surface area contributed by atoms with Crippen LogP contribution in [0.3, 0.4) is 0 Å². The van der Waals surface area contributed by atoms with Crippen molar-refractivity contribution in [3.05, 3.63) is 34.9 Å². The van der Waals surface area contributed by atoms with Gasteiger partial charge in [-0.15, -0.1) is 0 Å². The molecule has 1 aliphatic rings. The van der Waals surface area contributed by atoms with Gasteiger partial charge in [0.15, 0.2) is 0 Å². The summed E-state index contributed by atoms with van der Waals surface area (Å²) in [7, 11) is 0. The molecule has 1 aliphatic carbocycles. The van der Waals surface area contributed by atoms with Gasteiger partial charge in [-0.3, -0.25) is 0 Å². The van der Waals surface area contributed by atoms with E-state index in [-0.39, 0.29) is 12.0 Å². The van der Waals surface area contributed by atoms with Crippen molar-refractivity contribution in [1.82, 2.24) is 0 Å². The first kappa shape index (κ1) is 11.0. The fourth-order valence-electron chi connectivity index (χ4n) is 1.57. The Morgan fingerprint density at radius 2 is 1.94 bits per heavy atom. The van der Waals surface area contributed by atoms with Crippen molar-refractivity contribution in [1.29, 1.82) is 0 Å². The zero-order valence-electron chi connectivity index (χ0n) is 8.33. The predicted octanol–water partition coefficient (Wildman–Crippen LogP) is 1.73. The van der Waals surface area contributed by atoms with E-state index in [1.165, 1.54) is 0 Å². The smallest absolute Gasteiger partial charge is 0.338 e. The molecule has 1 aromatic carbocycles. The lowest BCUT2D eigenvalue weighted by atomic mass is 10.0. The number of carboxylic acid groups (broad SMARTS) is 1. The normalized spacial score (nSPS) is 17.2. The second-order valence-corrected chi connectivity index (χ2v) is 4.13. The van der Waals surface area contributed by atoms with Crippen LogP contribution >= 0.6 is 0 Å². The summed E-state index contributed by atoms with van der Waals surface area (Å²) in [5.41, 5.74) is -1.46. The zero-order chi connectivity index (χ0) is 11.9. The molecule has 0 aromatic heterocycles. The van der Waals surface area contributed by atoms with Gasteiger partial charge < -0.3 is 10.2 Å². The van der Waals surface area contributed by atoms with E-state index in [2.05, 4.69) is 0 Å². The van der Waals surface area contributed by atoms with Gasteiger partial charge in [-0.25, -0.2) is 13.6 Å². The van der Waals surface area contributed by atoms with Crippen LogP contribution in [0.5, 0.6) is 0 Å². The number of halogens is 2. The van der Waals surface area contributed by atoms with E-state index in [0.717, 1.165) is 6.07 Å². The monoisotopic (exact) mass is 228 g/mol. The van der Waals surface area contributed by atoms with Gasteiger partial charge in [0, 0.05) is 12.5 Å². The lowest BCUT2D eigenvalue weighted by molar-refractivity contribution is 0.0691. The first-order chi connectivity index (χ1) is 7.41. The lowest BCUT2D eigenvalue weighted by Gasteiger charge is -2.09. The van der Waals surface area contributed by atoms with E-state index < -0.39 is 28.8 Å². The Morgan fingerprint density at radius 1 is 1.31 bits per heavy atom. The molecule has 0 amide bonds. The Morgan fingerprint density at radius 3 is 2.44 bits per heavy atom.